The molecule has 2 rings (SSSR count). The van der Waals surface area contributed by atoms with Crippen molar-refractivity contribution in [2.75, 3.05) is 20.6 Å². The van der Waals surface area contributed by atoms with Gasteiger partial charge >= 0.3 is 0 Å². The van der Waals surface area contributed by atoms with Crippen LogP contribution in [0.5, 0.6) is 0 Å². The van der Waals surface area contributed by atoms with E-state index in [1.54, 1.807) is 6.92 Å². The van der Waals surface area contributed by atoms with Crippen LogP contribution in [-0.4, -0.2) is 36.4 Å². The average molecular weight is 315 g/mol. The molecule has 23 heavy (non-hydrogen) atoms. The molecule has 0 aliphatic heterocycles. The van der Waals surface area contributed by atoms with E-state index in [0.29, 0.717) is 30.3 Å². The Hall–Kier alpha value is -2.14. The first-order valence-corrected chi connectivity index (χ1v) is 7.89. The maximum atomic E-state index is 12.3. The van der Waals surface area contributed by atoms with Gasteiger partial charge in [-0.2, -0.15) is 0 Å². The fraction of sp³-hybridized carbons (Fsp3) is 0.444. The fourth-order valence-electron chi connectivity index (χ4n) is 2.47. The molecule has 1 N–H and O–H groups in total. The van der Waals surface area contributed by atoms with E-state index in [0.717, 1.165) is 0 Å². The zero-order valence-corrected chi connectivity index (χ0v) is 14.5. The lowest BCUT2D eigenvalue weighted by Gasteiger charge is -2.25. The Kier molecular flexibility index (Phi) is 5.55. The second-order valence-electron chi connectivity index (χ2n) is 5.98. The van der Waals surface area contributed by atoms with Gasteiger partial charge in [0.05, 0.1) is 11.7 Å². The van der Waals surface area contributed by atoms with E-state index in [2.05, 4.69) is 46.4 Å². The van der Waals surface area contributed by atoms with Crippen molar-refractivity contribution in [3.63, 3.8) is 0 Å². The second kappa shape index (κ2) is 7.42. The number of likely N-dealkylation sites (N-methyl/N-ethyl adjacent to an activating group) is 1. The van der Waals surface area contributed by atoms with Crippen LogP contribution < -0.4 is 5.32 Å². The molecule has 2 aromatic rings. The number of hydrogen-bond donors (Lipinski definition) is 1. The van der Waals surface area contributed by atoms with E-state index in [9.17, 15) is 4.79 Å². The predicted molar refractivity (Wildman–Crippen MR) is 90.6 cm³/mol. The van der Waals surface area contributed by atoms with Crippen molar-refractivity contribution in [2.24, 2.45) is 0 Å². The van der Waals surface area contributed by atoms with Crippen molar-refractivity contribution in [3.8, 4) is 0 Å². The number of aryl methyl sites for hydroxylation is 3. The first-order chi connectivity index (χ1) is 10.9. The maximum Gasteiger partial charge on any atom is 0.289 e. The molecule has 1 aromatic heterocycles. The van der Waals surface area contributed by atoms with Crippen molar-refractivity contribution < 1.29 is 9.21 Å². The molecule has 0 saturated heterocycles. The standard InChI is InChI=1S/C18H25N3O2/c1-6-16-20-13(3)17(23-16)18(22)19-11-15(21(4)5)14-9-7-12(2)8-10-14/h7-10,15H,6,11H2,1-5H3,(H,19,22)/t15-/m1/s1. The lowest BCUT2D eigenvalue weighted by atomic mass is 10.0. The molecule has 5 nitrogen and oxygen atoms in total. The van der Waals surface area contributed by atoms with E-state index in [-0.39, 0.29) is 11.9 Å². The number of oxazole rings is 1. The summed E-state index contributed by atoms with van der Waals surface area (Å²) in [6.45, 7) is 6.32. The zero-order chi connectivity index (χ0) is 17.0. The Labute approximate surface area is 137 Å². The molecule has 0 radical (unpaired) electrons. The van der Waals surface area contributed by atoms with E-state index < -0.39 is 0 Å². The Morgan fingerprint density at radius 2 is 1.91 bits per heavy atom. The first kappa shape index (κ1) is 17.2. The van der Waals surface area contributed by atoms with Gasteiger partial charge in [-0.15, -0.1) is 0 Å². The molecule has 0 aliphatic carbocycles. The van der Waals surface area contributed by atoms with Crippen LogP contribution in [0, 0.1) is 13.8 Å². The molecule has 1 heterocycles. The molecular weight excluding hydrogens is 290 g/mol. The Balaban J connectivity index is 2.07. The SMILES string of the molecule is CCc1nc(C)c(C(=O)NC[C@H](c2ccc(C)cc2)N(C)C)o1. The van der Waals surface area contributed by atoms with Crippen LogP contribution >= 0.6 is 0 Å². The number of carbonyl (C=O) groups is 1. The maximum absolute atomic E-state index is 12.3. The largest absolute Gasteiger partial charge is 0.435 e. The average Bonchev–Trinajstić information content (AvgIpc) is 2.90. The van der Waals surface area contributed by atoms with E-state index >= 15 is 0 Å². The van der Waals surface area contributed by atoms with Crippen LogP contribution in [0.1, 0.15) is 46.2 Å². The third kappa shape index (κ3) is 4.20. The van der Waals surface area contributed by atoms with Crippen molar-refractivity contribution in [1.29, 1.82) is 0 Å². The van der Waals surface area contributed by atoms with Gasteiger partial charge in [0.2, 0.25) is 5.76 Å². The third-order valence-corrected chi connectivity index (χ3v) is 3.89. The molecule has 0 fully saturated rings. The molecule has 5 heteroatoms. The zero-order valence-electron chi connectivity index (χ0n) is 14.5. The molecule has 0 bridgehead atoms. The first-order valence-electron chi connectivity index (χ1n) is 7.89. The van der Waals surface area contributed by atoms with Crippen molar-refractivity contribution in [3.05, 3.63) is 52.7 Å². The number of amides is 1. The van der Waals surface area contributed by atoms with Crippen LogP contribution in [0.15, 0.2) is 28.7 Å². The molecule has 0 aliphatic rings. The molecule has 0 spiro atoms. The molecule has 0 unspecified atom stereocenters. The highest BCUT2D eigenvalue weighted by Crippen LogP contribution is 2.18. The van der Waals surface area contributed by atoms with Gasteiger partial charge < -0.3 is 14.6 Å². The minimum atomic E-state index is -0.214. The minimum absolute atomic E-state index is 0.105. The quantitative estimate of drug-likeness (QED) is 0.890. The predicted octanol–water partition coefficient (Wildman–Crippen LogP) is 2.89. The number of benzene rings is 1. The van der Waals surface area contributed by atoms with Gasteiger partial charge in [0.15, 0.2) is 5.89 Å². The van der Waals surface area contributed by atoms with Gasteiger partial charge in [0.25, 0.3) is 5.91 Å². The number of aromatic nitrogens is 1. The summed E-state index contributed by atoms with van der Waals surface area (Å²) >= 11 is 0. The van der Waals surface area contributed by atoms with Crippen molar-refractivity contribution in [1.82, 2.24) is 15.2 Å². The summed E-state index contributed by atoms with van der Waals surface area (Å²) in [6.07, 6.45) is 0.678. The molecule has 0 saturated carbocycles. The van der Waals surface area contributed by atoms with Crippen LogP contribution in [0.4, 0.5) is 0 Å². The lowest BCUT2D eigenvalue weighted by molar-refractivity contribution is 0.0911. The number of nitrogens with zero attached hydrogens (tertiary/aromatic N) is 2. The second-order valence-corrected chi connectivity index (χ2v) is 5.98. The fourth-order valence-corrected chi connectivity index (χ4v) is 2.47. The van der Waals surface area contributed by atoms with Gasteiger partial charge in [0, 0.05) is 13.0 Å². The topological polar surface area (TPSA) is 58.4 Å². The molecule has 1 atom stereocenters. The number of carbonyl (C=O) groups excluding carboxylic acids is 1. The van der Waals surface area contributed by atoms with Crippen molar-refractivity contribution in [2.45, 2.75) is 33.2 Å². The number of hydrogen-bond acceptors (Lipinski definition) is 4. The summed E-state index contributed by atoms with van der Waals surface area (Å²) in [5, 5.41) is 2.96. The highest BCUT2D eigenvalue weighted by Gasteiger charge is 2.20. The van der Waals surface area contributed by atoms with Crippen LogP contribution in [0.3, 0.4) is 0 Å². The molecule has 1 aromatic carbocycles. The number of rotatable bonds is 6. The van der Waals surface area contributed by atoms with Crippen LogP contribution in [0.2, 0.25) is 0 Å². The van der Waals surface area contributed by atoms with Gasteiger partial charge in [-0.1, -0.05) is 36.8 Å². The summed E-state index contributed by atoms with van der Waals surface area (Å²) in [5.41, 5.74) is 3.03. The number of nitrogens with one attached hydrogen (secondary N) is 1. The Bertz CT molecular complexity index is 659. The van der Waals surface area contributed by atoms with Gasteiger partial charge in [-0.25, -0.2) is 4.98 Å². The van der Waals surface area contributed by atoms with Crippen molar-refractivity contribution >= 4 is 5.91 Å². The smallest absolute Gasteiger partial charge is 0.289 e. The molecule has 1 amide bonds. The highest BCUT2D eigenvalue weighted by molar-refractivity contribution is 5.92. The van der Waals surface area contributed by atoms with E-state index in [1.165, 1.54) is 11.1 Å². The highest BCUT2D eigenvalue weighted by atomic mass is 16.4. The van der Waals surface area contributed by atoms with Crippen LogP contribution in [0.25, 0.3) is 0 Å². The summed E-state index contributed by atoms with van der Waals surface area (Å²) in [7, 11) is 4.01. The summed E-state index contributed by atoms with van der Waals surface area (Å²) in [6, 6.07) is 8.47. The monoisotopic (exact) mass is 315 g/mol. The summed E-state index contributed by atoms with van der Waals surface area (Å²) < 4.78 is 5.50. The Morgan fingerprint density at radius 3 is 2.43 bits per heavy atom. The molecular formula is C18H25N3O2. The Morgan fingerprint density at radius 1 is 1.26 bits per heavy atom. The van der Waals surface area contributed by atoms with E-state index in [4.69, 9.17) is 4.42 Å². The lowest BCUT2D eigenvalue weighted by Crippen LogP contribution is -2.34. The normalized spacial score (nSPS) is 12.4. The summed E-state index contributed by atoms with van der Waals surface area (Å²) in [5.74, 6) is 0.687. The third-order valence-electron chi connectivity index (χ3n) is 3.89. The molecule has 124 valence electrons. The van der Waals surface area contributed by atoms with Gasteiger partial charge in [-0.3, -0.25) is 4.79 Å². The van der Waals surface area contributed by atoms with Gasteiger partial charge in [0.1, 0.15) is 0 Å². The van der Waals surface area contributed by atoms with E-state index in [1.807, 2.05) is 21.0 Å². The minimum Gasteiger partial charge on any atom is -0.435 e. The van der Waals surface area contributed by atoms with Crippen LogP contribution in [-0.2, 0) is 6.42 Å². The van der Waals surface area contributed by atoms with Gasteiger partial charge in [-0.05, 0) is 33.5 Å². The summed E-state index contributed by atoms with van der Waals surface area (Å²) in [4.78, 5) is 18.7.